The molecule has 3 aromatic carbocycles. The normalized spacial score (nSPS) is 34.6. The fourth-order valence-electron chi connectivity index (χ4n) is 9.43. The number of benzene rings is 3. The van der Waals surface area contributed by atoms with Crippen LogP contribution in [-0.2, 0) is 33.3 Å². The van der Waals surface area contributed by atoms with Gasteiger partial charge in [0.2, 0.25) is 0 Å². The largest absolute Gasteiger partial charge is 0.455 e. The van der Waals surface area contributed by atoms with Gasteiger partial charge in [0.15, 0.2) is 11.4 Å². The number of aliphatic hydroxyl groups is 3. The molecular weight excluding hydrogens is 680 g/mol. The Bertz CT molecular complexity index is 2050. The van der Waals surface area contributed by atoms with E-state index in [2.05, 4.69) is 0 Å². The highest BCUT2D eigenvalue weighted by Crippen LogP contribution is 2.64. The van der Waals surface area contributed by atoms with Crippen molar-refractivity contribution in [3.63, 3.8) is 0 Å². The first kappa shape index (κ1) is 36.7. The molecule has 0 radical (unpaired) electrons. The number of esters is 3. The van der Waals surface area contributed by atoms with Crippen LogP contribution in [0, 0.1) is 16.7 Å². The molecule has 9 atom stereocenters. The summed E-state index contributed by atoms with van der Waals surface area (Å²) in [7, 11) is 0. The van der Waals surface area contributed by atoms with E-state index < -0.39 is 82.2 Å². The van der Waals surface area contributed by atoms with E-state index in [4.69, 9.17) is 18.9 Å². The molecule has 3 fully saturated rings. The van der Waals surface area contributed by atoms with Crippen molar-refractivity contribution in [2.45, 2.75) is 89.2 Å². The van der Waals surface area contributed by atoms with Crippen LogP contribution in [0.25, 0.3) is 16.8 Å². The van der Waals surface area contributed by atoms with Gasteiger partial charge in [0.25, 0.3) is 0 Å². The van der Waals surface area contributed by atoms with E-state index in [0.717, 1.165) is 16.3 Å². The summed E-state index contributed by atoms with van der Waals surface area (Å²) < 4.78 is 24.2. The monoisotopic (exact) mass is 724 g/mol. The molecule has 3 N–H and O–H groups in total. The van der Waals surface area contributed by atoms with Gasteiger partial charge in [0.05, 0.1) is 29.6 Å². The van der Waals surface area contributed by atoms with Crippen LogP contribution >= 0.6 is 0 Å². The fraction of sp³-hybridized carbons (Fsp3) is 0.429. The standard InChI is InChI=1S/C42H44O11/c1-23-29(51-32(45)18-16-25-15-17-26-11-9-10-14-28(26)19-25)21-42(49)37(52-38(48)27-12-7-6-8-13-27)35-40(5,36(47)34(46)33(23)39(42,3)4)30(44)20-31-41(35,22-50-31)53-24(2)43/h6-19,29-31,34-35,37,44,46,49H,20-22H2,1-5H3/b18-16+/t29-,30-,31+,34+,35?,37?,40+,41-,42+/m0/s1. The highest BCUT2D eigenvalue weighted by molar-refractivity contribution is 5.94. The van der Waals surface area contributed by atoms with E-state index in [9.17, 15) is 34.5 Å². The lowest BCUT2D eigenvalue weighted by Crippen LogP contribution is -2.81. The van der Waals surface area contributed by atoms with Gasteiger partial charge in [-0.1, -0.05) is 68.4 Å². The van der Waals surface area contributed by atoms with Crippen LogP contribution in [-0.4, -0.2) is 87.3 Å². The number of rotatable bonds is 6. The van der Waals surface area contributed by atoms with E-state index in [-0.39, 0.29) is 30.6 Å². The first-order valence-electron chi connectivity index (χ1n) is 17.8. The third kappa shape index (κ3) is 5.64. The highest BCUT2D eigenvalue weighted by atomic mass is 16.6. The van der Waals surface area contributed by atoms with Crippen LogP contribution < -0.4 is 0 Å². The summed E-state index contributed by atoms with van der Waals surface area (Å²) in [6, 6.07) is 21.6. The Kier molecular flexibility index (Phi) is 9.01. The quantitative estimate of drug-likeness (QED) is 0.142. The average molecular weight is 725 g/mol. The maximum atomic E-state index is 14.8. The van der Waals surface area contributed by atoms with Crippen LogP contribution in [0.1, 0.15) is 63.4 Å². The molecule has 0 spiro atoms. The van der Waals surface area contributed by atoms with E-state index in [1.54, 1.807) is 45.0 Å². The van der Waals surface area contributed by atoms with Crippen molar-refractivity contribution in [2.75, 3.05) is 6.61 Å². The minimum absolute atomic E-state index is 0.0775. The van der Waals surface area contributed by atoms with Crippen molar-refractivity contribution >= 4 is 40.5 Å². The first-order valence-corrected chi connectivity index (χ1v) is 17.8. The zero-order valence-electron chi connectivity index (χ0n) is 30.3. The molecule has 2 bridgehead atoms. The summed E-state index contributed by atoms with van der Waals surface area (Å²) in [5.41, 5.74) is -5.92. The number of aliphatic hydroxyl groups excluding tert-OH is 2. The Morgan fingerprint density at radius 1 is 0.925 bits per heavy atom. The van der Waals surface area contributed by atoms with Crippen LogP contribution in [0.3, 0.4) is 0 Å². The van der Waals surface area contributed by atoms with Crippen molar-refractivity contribution in [1.82, 2.24) is 0 Å². The van der Waals surface area contributed by atoms with Crippen LogP contribution in [0.5, 0.6) is 0 Å². The number of carbonyl (C=O) groups excluding carboxylic acids is 4. The summed E-state index contributed by atoms with van der Waals surface area (Å²) >= 11 is 0. The molecule has 2 unspecified atom stereocenters. The lowest BCUT2D eigenvalue weighted by atomic mass is 9.44. The van der Waals surface area contributed by atoms with Gasteiger partial charge in [-0.25, -0.2) is 9.59 Å². The summed E-state index contributed by atoms with van der Waals surface area (Å²) in [4.78, 5) is 55.1. The molecular formula is C42H44O11. The summed E-state index contributed by atoms with van der Waals surface area (Å²) in [6.07, 6.45) is -4.69. The summed E-state index contributed by atoms with van der Waals surface area (Å²) in [5, 5.41) is 39.2. The van der Waals surface area contributed by atoms with Gasteiger partial charge in [0.1, 0.15) is 30.0 Å². The molecule has 11 nitrogen and oxygen atoms in total. The van der Waals surface area contributed by atoms with Gasteiger partial charge >= 0.3 is 17.9 Å². The van der Waals surface area contributed by atoms with Gasteiger partial charge < -0.3 is 34.3 Å². The van der Waals surface area contributed by atoms with Crippen molar-refractivity contribution in [2.24, 2.45) is 16.7 Å². The van der Waals surface area contributed by atoms with Gasteiger partial charge in [-0.05, 0) is 65.6 Å². The van der Waals surface area contributed by atoms with E-state index >= 15 is 0 Å². The number of Topliss-reactive ketones (excluding diaryl/α,β-unsaturated/α-hetero) is 1. The maximum absolute atomic E-state index is 14.8. The second kappa shape index (κ2) is 13.0. The van der Waals surface area contributed by atoms with Crippen molar-refractivity contribution < 1.29 is 53.4 Å². The molecule has 0 amide bonds. The Morgan fingerprint density at radius 2 is 1.60 bits per heavy atom. The third-order valence-corrected chi connectivity index (χ3v) is 12.4. The van der Waals surface area contributed by atoms with Crippen LogP contribution in [0.15, 0.2) is 90.0 Å². The van der Waals surface area contributed by atoms with Crippen molar-refractivity contribution in [3.8, 4) is 0 Å². The Hall–Kier alpha value is -4.68. The van der Waals surface area contributed by atoms with Crippen molar-refractivity contribution in [3.05, 3.63) is 101 Å². The van der Waals surface area contributed by atoms with Gasteiger partial charge in [-0.15, -0.1) is 0 Å². The Balaban J connectivity index is 1.35. The average Bonchev–Trinajstić information content (AvgIpc) is 3.12. The zero-order chi connectivity index (χ0) is 38.1. The molecule has 53 heavy (non-hydrogen) atoms. The number of hydrogen-bond donors (Lipinski definition) is 3. The van der Waals surface area contributed by atoms with Gasteiger partial charge in [-0.2, -0.15) is 0 Å². The molecule has 2 saturated carbocycles. The number of fused-ring (bicyclic) bond motifs is 6. The predicted octanol–water partition coefficient (Wildman–Crippen LogP) is 4.50. The zero-order valence-corrected chi connectivity index (χ0v) is 30.3. The molecule has 3 aliphatic carbocycles. The number of ketones is 1. The molecule has 1 heterocycles. The smallest absolute Gasteiger partial charge is 0.338 e. The number of carbonyl (C=O) groups is 4. The molecule has 1 saturated heterocycles. The summed E-state index contributed by atoms with van der Waals surface area (Å²) in [5.74, 6) is -4.53. The van der Waals surface area contributed by atoms with E-state index in [0.29, 0.717) is 5.57 Å². The lowest BCUT2D eigenvalue weighted by Gasteiger charge is -2.67. The molecule has 11 heteroatoms. The Morgan fingerprint density at radius 3 is 2.26 bits per heavy atom. The van der Waals surface area contributed by atoms with E-state index in [1.165, 1.54) is 32.1 Å². The minimum atomic E-state index is -2.18. The van der Waals surface area contributed by atoms with Gasteiger partial charge in [0, 0.05) is 31.3 Å². The third-order valence-electron chi connectivity index (χ3n) is 12.4. The SMILES string of the molecule is CC(=O)O[C@@]12CO[C@@H]1C[C@H](O)[C@@]1(C)C(=O)[C@H](O)C3=C(C)[C@@H](OC(=O)/C=C/c4ccc5ccccc5c4)C[C@@](O)(C(OC(=O)c4ccccc4)C12)C3(C)C. The Labute approximate surface area is 307 Å². The highest BCUT2D eigenvalue weighted by Gasteiger charge is 2.78. The fourth-order valence-corrected chi connectivity index (χ4v) is 9.43. The van der Waals surface area contributed by atoms with Crippen LogP contribution in [0.4, 0.5) is 0 Å². The molecule has 3 aromatic rings. The molecule has 7 rings (SSSR count). The maximum Gasteiger partial charge on any atom is 0.338 e. The minimum Gasteiger partial charge on any atom is -0.455 e. The number of hydrogen-bond acceptors (Lipinski definition) is 11. The molecule has 278 valence electrons. The second-order valence-electron chi connectivity index (χ2n) is 15.5. The molecule has 0 aromatic heterocycles. The van der Waals surface area contributed by atoms with Gasteiger partial charge in [-0.3, -0.25) is 9.59 Å². The summed E-state index contributed by atoms with van der Waals surface area (Å²) in [6.45, 7) is 7.29. The number of ether oxygens (including phenoxy) is 4. The molecule has 4 aliphatic rings. The predicted molar refractivity (Wildman–Crippen MR) is 192 cm³/mol. The second-order valence-corrected chi connectivity index (χ2v) is 15.5. The van der Waals surface area contributed by atoms with E-state index in [1.807, 2.05) is 42.5 Å². The lowest BCUT2D eigenvalue weighted by molar-refractivity contribution is -0.345. The molecule has 1 aliphatic heterocycles. The van der Waals surface area contributed by atoms with Crippen LogP contribution in [0.2, 0.25) is 0 Å². The van der Waals surface area contributed by atoms with Crippen molar-refractivity contribution in [1.29, 1.82) is 0 Å². The first-order chi connectivity index (χ1) is 25.0. The topological polar surface area (TPSA) is 166 Å².